The first-order chi connectivity index (χ1) is 16.8. The van der Waals surface area contributed by atoms with Gasteiger partial charge in [0.05, 0.1) is 4.90 Å². The van der Waals surface area contributed by atoms with Crippen molar-refractivity contribution in [1.82, 2.24) is 14.5 Å². The van der Waals surface area contributed by atoms with Crippen LogP contribution >= 0.6 is 0 Å². The SMILES string of the molecule is NCc1cccc(C[C@@H](C(=O)O)N(C(=O)N2CCNCC2)S(=O)(=O)c2ccc3ccccc3c2)c1. The minimum absolute atomic E-state index is 0.137. The van der Waals surface area contributed by atoms with Crippen molar-refractivity contribution < 1.29 is 23.1 Å². The smallest absolute Gasteiger partial charge is 0.334 e. The van der Waals surface area contributed by atoms with Gasteiger partial charge in [-0.15, -0.1) is 0 Å². The maximum atomic E-state index is 13.9. The highest BCUT2D eigenvalue weighted by Crippen LogP contribution is 2.26. The van der Waals surface area contributed by atoms with Crippen molar-refractivity contribution in [3.63, 3.8) is 0 Å². The molecule has 0 aromatic heterocycles. The fourth-order valence-electron chi connectivity index (χ4n) is 4.22. The van der Waals surface area contributed by atoms with E-state index in [0.717, 1.165) is 10.9 Å². The number of nitrogens with one attached hydrogen (secondary N) is 1. The third kappa shape index (κ3) is 5.29. The molecule has 0 aliphatic carbocycles. The van der Waals surface area contributed by atoms with Gasteiger partial charge in [-0.1, -0.05) is 54.6 Å². The summed E-state index contributed by atoms with van der Waals surface area (Å²) in [6, 6.07) is 16.2. The zero-order valence-corrected chi connectivity index (χ0v) is 19.9. The van der Waals surface area contributed by atoms with E-state index in [1.807, 2.05) is 12.1 Å². The van der Waals surface area contributed by atoms with Crippen LogP contribution in [0.3, 0.4) is 0 Å². The van der Waals surface area contributed by atoms with Crippen molar-refractivity contribution >= 4 is 32.8 Å². The number of sulfonamides is 1. The molecular formula is C25H28N4O5S. The molecule has 1 fully saturated rings. The van der Waals surface area contributed by atoms with Crippen molar-refractivity contribution in [3.05, 3.63) is 77.9 Å². The number of nitrogens with two attached hydrogens (primary N) is 1. The molecule has 1 aliphatic rings. The van der Waals surface area contributed by atoms with Crippen LogP contribution in [0, 0.1) is 0 Å². The Bertz CT molecular complexity index is 1340. The Kier molecular flexibility index (Phi) is 7.34. The average molecular weight is 497 g/mol. The Morgan fingerprint density at radius 1 is 0.971 bits per heavy atom. The molecule has 0 bridgehead atoms. The largest absolute Gasteiger partial charge is 0.480 e. The summed E-state index contributed by atoms with van der Waals surface area (Å²) < 4.78 is 28.3. The van der Waals surface area contributed by atoms with Gasteiger partial charge in [0, 0.05) is 39.1 Å². The van der Waals surface area contributed by atoms with Gasteiger partial charge < -0.3 is 21.1 Å². The number of fused-ring (bicyclic) bond motifs is 1. The summed E-state index contributed by atoms with van der Waals surface area (Å²) in [5.41, 5.74) is 7.07. The third-order valence-corrected chi connectivity index (χ3v) is 7.86. The van der Waals surface area contributed by atoms with Crippen LogP contribution in [-0.4, -0.2) is 67.0 Å². The molecule has 0 saturated carbocycles. The molecule has 4 N–H and O–H groups in total. The first-order valence-corrected chi connectivity index (χ1v) is 12.8. The Balaban J connectivity index is 1.80. The molecule has 0 unspecified atom stereocenters. The molecule has 1 aliphatic heterocycles. The zero-order chi connectivity index (χ0) is 25.0. The first kappa shape index (κ1) is 24.6. The van der Waals surface area contributed by atoms with Crippen LogP contribution in [0.4, 0.5) is 4.79 Å². The first-order valence-electron chi connectivity index (χ1n) is 11.3. The zero-order valence-electron chi connectivity index (χ0n) is 19.1. The minimum atomic E-state index is -4.50. The molecule has 1 atom stereocenters. The number of carboxylic acid groups (broad SMARTS) is 1. The molecule has 35 heavy (non-hydrogen) atoms. The van der Waals surface area contributed by atoms with E-state index in [4.69, 9.17) is 5.73 Å². The minimum Gasteiger partial charge on any atom is -0.480 e. The molecule has 1 saturated heterocycles. The van der Waals surface area contributed by atoms with Crippen LogP contribution in [0.2, 0.25) is 0 Å². The number of hydrogen-bond acceptors (Lipinski definition) is 6. The average Bonchev–Trinajstić information content (AvgIpc) is 2.88. The van der Waals surface area contributed by atoms with Gasteiger partial charge in [0.1, 0.15) is 0 Å². The normalized spacial score (nSPS) is 15.1. The Morgan fingerprint density at radius 3 is 2.34 bits per heavy atom. The summed E-state index contributed by atoms with van der Waals surface area (Å²) in [5, 5.41) is 14.8. The number of aliphatic carboxylic acids is 1. The topological polar surface area (TPSA) is 133 Å². The van der Waals surface area contributed by atoms with Crippen molar-refractivity contribution in [3.8, 4) is 0 Å². The van der Waals surface area contributed by atoms with Crippen molar-refractivity contribution in [2.45, 2.75) is 23.9 Å². The predicted octanol–water partition coefficient (Wildman–Crippen LogP) is 2.01. The monoisotopic (exact) mass is 496 g/mol. The molecule has 0 spiro atoms. The predicted molar refractivity (Wildman–Crippen MR) is 132 cm³/mol. The molecule has 3 aromatic rings. The number of amides is 2. The Hall–Kier alpha value is -3.47. The maximum Gasteiger partial charge on any atom is 0.334 e. The van der Waals surface area contributed by atoms with E-state index in [0.29, 0.717) is 28.3 Å². The van der Waals surface area contributed by atoms with E-state index in [1.54, 1.807) is 42.5 Å². The molecule has 1 heterocycles. The van der Waals surface area contributed by atoms with Gasteiger partial charge in [-0.25, -0.2) is 22.3 Å². The van der Waals surface area contributed by atoms with Crippen LogP contribution in [0.25, 0.3) is 10.8 Å². The van der Waals surface area contributed by atoms with Crippen LogP contribution in [0.5, 0.6) is 0 Å². The summed E-state index contributed by atoms with van der Waals surface area (Å²) >= 11 is 0. The molecule has 2 amide bonds. The van der Waals surface area contributed by atoms with Gasteiger partial charge in [-0.3, -0.25) is 0 Å². The highest BCUT2D eigenvalue weighted by atomic mass is 32.2. The molecule has 10 heteroatoms. The van der Waals surface area contributed by atoms with E-state index in [1.165, 1.54) is 17.0 Å². The van der Waals surface area contributed by atoms with E-state index in [2.05, 4.69) is 5.32 Å². The van der Waals surface area contributed by atoms with Crippen LogP contribution in [0.15, 0.2) is 71.6 Å². The fourth-order valence-corrected chi connectivity index (χ4v) is 5.78. The van der Waals surface area contributed by atoms with Crippen LogP contribution < -0.4 is 11.1 Å². The molecular weight excluding hydrogens is 468 g/mol. The number of carbonyl (C=O) groups excluding carboxylic acids is 1. The second-order valence-electron chi connectivity index (χ2n) is 8.41. The maximum absolute atomic E-state index is 13.9. The highest BCUT2D eigenvalue weighted by molar-refractivity contribution is 7.89. The standard InChI is InChI=1S/C25H28N4O5S/c26-17-19-5-3-4-18(14-19)15-23(24(30)31)29(25(32)28-12-10-27-11-13-28)35(33,34)22-9-8-20-6-1-2-7-21(20)16-22/h1-9,14,16,23,27H,10-13,15,17,26H2,(H,30,31)/t23-/m0/s1. The Labute approximate surface area is 204 Å². The van der Waals surface area contributed by atoms with Gasteiger partial charge in [-0.2, -0.15) is 0 Å². The summed E-state index contributed by atoms with van der Waals surface area (Å²) in [7, 11) is -4.50. The van der Waals surface area contributed by atoms with Crippen molar-refractivity contribution in [2.75, 3.05) is 26.2 Å². The van der Waals surface area contributed by atoms with Crippen molar-refractivity contribution in [2.24, 2.45) is 5.73 Å². The number of carboxylic acids is 1. The second kappa shape index (κ2) is 10.4. The second-order valence-corrected chi connectivity index (χ2v) is 10.2. The van der Waals surface area contributed by atoms with E-state index in [-0.39, 0.29) is 31.0 Å². The quantitative estimate of drug-likeness (QED) is 0.456. The number of urea groups is 1. The lowest BCUT2D eigenvalue weighted by atomic mass is 10.0. The summed E-state index contributed by atoms with van der Waals surface area (Å²) in [6.07, 6.45) is -0.187. The molecule has 4 rings (SSSR count). The van der Waals surface area contributed by atoms with Gasteiger partial charge in [0.2, 0.25) is 0 Å². The number of rotatable bonds is 7. The lowest BCUT2D eigenvalue weighted by Gasteiger charge is -2.35. The third-order valence-electron chi connectivity index (χ3n) is 6.08. The van der Waals surface area contributed by atoms with E-state index >= 15 is 0 Å². The van der Waals surface area contributed by atoms with E-state index in [9.17, 15) is 23.1 Å². The molecule has 9 nitrogen and oxygen atoms in total. The fraction of sp³-hybridized carbons (Fsp3) is 0.280. The number of carbonyl (C=O) groups is 2. The lowest BCUT2D eigenvalue weighted by Crippen LogP contribution is -2.57. The van der Waals surface area contributed by atoms with Crippen LogP contribution in [-0.2, 0) is 27.8 Å². The number of hydrogen-bond donors (Lipinski definition) is 3. The number of benzene rings is 3. The summed E-state index contributed by atoms with van der Waals surface area (Å²) in [5.74, 6) is -1.41. The van der Waals surface area contributed by atoms with Crippen LogP contribution in [0.1, 0.15) is 11.1 Å². The number of piperazine rings is 1. The summed E-state index contributed by atoms with van der Waals surface area (Å²) in [6.45, 7) is 1.79. The molecule has 3 aromatic carbocycles. The Morgan fingerprint density at radius 2 is 1.66 bits per heavy atom. The molecule has 184 valence electrons. The lowest BCUT2D eigenvalue weighted by molar-refractivity contribution is -0.140. The van der Waals surface area contributed by atoms with Gasteiger partial charge in [0.15, 0.2) is 6.04 Å². The highest BCUT2D eigenvalue weighted by Gasteiger charge is 2.42. The van der Waals surface area contributed by atoms with Gasteiger partial charge in [-0.05, 0) is 34.0 Å². The molecule has 0 radical (unpaired) electrons. The van der Waals surface area contributed by atoms with Gasteiger partial charge in [0.25, 0.3) is 10.0 Å². The van der Waals surface area contributed by atoms with Gasteiger partial charge >= 0.3 is 12.0 Å². The van der Waals surface area contributed by atoms with E-state index < -0.39 is 28.1 Å². The summed E-state index contributed by atoms with van der Waals surface area (Å²) in [4.78, 5) is 27.3. The number of nitrogens with zero attached hydrogens (tertiary/aromatic N) is 2. The van der Waals surface area contributed by atoms with Crippen molar-refractivity contribution in [1.29, 1.82) is 0 Å².